The van der Waals surface area contributed by atoms with E-state index in [0.717, 1.165) is 5.56 Å². The molecule has 26 heavy (non-hydrogen) atoms. The standard InChI is InChI=1S/C17H14Cl2N4O2S/c1-2-13(25-14-8-11(18)5-6-12(14)19)15(24)21-17-23-22-16(26-17)10-4-3-7-20-9-10/h3-9,13H,2H2,1H3,(H,21,23,24). The Bertz CT molecular complexity index is 905. The molecule has 1 amide bonds. The van der Waals surface area contributed by atoms with Crippen LogP contribution in [-0.2, 0) is 4.79 Å². The normalized spacial score (nSPS) is 11.8. The Balaban J connectivity index is 1.70. The minimum Gasteiger partial charge on any atom is -0.479 e. The number of amides is 1. The van der Waals surface area contributed by atoms with Crippen molar-refractivity contribution in [1.82, 2.24) is 15.2 Å². The maximum Gasteiger partial charge on any atom is 0.267 e. The zero-order valence-corrected chi connectivity index (χ0v) is 16.0. The monoisotopic (exact) mass is 408 g/mol. The number of aromatic nitrogens is 3. The lowest BCUT2D eigenvalue weighted by atomic mass is 10.2. The van der Waals surface area contributed by atoms with Crippen molar-refractivity contribution in [1.29, 1.82) is 0 Å². The highest BCUT2D eigenvalue weighted by Crippen LogP contribution is 2.30. The summed E-state index contributed by atoms with van der Waals surface area (Å²) in [5.74, 6) is 0.0203. The second-order valence-electron chi connectivity index (χ2n) is 5.23. The average molecular weight is 409 g/mol. The first-order chi connectivity index (χ1) is 12.6. The number of ether oxygens (including phenoxy) is 1. The highest BCUT2D eigenvalue weighted by Gasteiger charge is 2.21. The van der Waals surface area contributed by atoms with Gasteiger partial charge in [-0.1, -0.05) is 41.5 Å². The van der Waals surface area contributed by atoms with E-state index < -0.39 is 6.10 Å². The molecular weight excluding hydrogens is 395 g/mol. The zero-order valence-electron chi connectivity index (χ0n) is 13.6. The van der Waals surface area contributed by atoms with Gasteiger partial charge in [0, 0.05) is 29.0 Å². The molecule has 3 rings (SSSR count). The van der Waals surface area contributed by atoms with Crippen molar-refractivity contribution in [3.05, 3.63) is 52.8 Å². The van der Waals surface area contributed by atoms with Gasteiger partial charge in [0.1, 0.15) is 5.75 Å². The Hall–Kier alpha value is -2.22. The minimum atomic E-state index is -0.739. The molecule has 0 aliphatic carbocycles. The molecule has 0 saturated heterocycles. The fourth-order valence-electron chi connectivity index (χ4n) is 2.11. The van der Waals surface area contributed by atoms with Gasteiger partial charge in [0.05, 0.1) is 5.02 Å². The summed E-state index contributed by atoms with van der Waals surface area (Å²) < 4.78 is 5.72. The van der Waals surface area contributed by atoms with Gasteiger partial charge < -0.3 is 4.74 Å². The lowest BCUT2D eigenvalue weighted by molar-refractivity contribution is -0.122. The number of pyridine rings is 1. The molecule has 0 radical (unpaired) electrons. The van der Waals surface area contributed by atoms with Gasteiger partial charge in [0.15, 0.2) is 11.1 Å². The van der Waals surface area contributed by atoms with Gasteiger partial charge in [-0.15, -0.1) is 10.2 Å². The van der Waals surface area contributed by atoms with Crippen LogP contribution in [0.1, 0.15) is 13.3 Å². The van der Waals surface area contributed by atoms with E-state index in [1.807, 2.05) is 19.1 Å². The van der Waals surface area contributed by atoms with E-state index in [0.29, 0.717) is 32.4 Å². The molecule has 1 aromatic carbocycles. The molecule has 9 heteroatoms. The van der Waals surface area contributed by atoms with Crippen LogP contribution in [0.25, 0.3) is 10.6 Å². The van der Waals surface area contributed by atoms with Crippen LogP contribution < -0.4 is 10.1 Å². The summed E-state index contributed by atoms with van der Waals surface area (Å²) in [6.07, 6.45) is 3.07. The summed E-state index contributed by atoms with van der Waals surface area (Å²) in [5.41, 5.74) is 0.833. The highest BCUT2D eigenvalue weighted by molar-refractivity contribution is 7.18. The first-order valence-electron chi connectivity index (χ1n) is 7.73. The van der Waals surface area contributed by atoms with E-state index in [4.69, 9.17) is 27.9 Å². The maximum absolute atomic E-state index is 12.5. The number of hydrogen-bond acceptors (Lipinski definition) is 6. The van der Waals surface area contributed by atoms with Crippen LogP contribution in [0.3, 0.4) is 0 Å². The lowest BCUT2D eigenvalue weighted by Gasteiger charge is -2.17. The molecule has 0 saturated carbocycles. The molecule has 0 spiro atoms. The number of carbonyl (C=O) groups excluding carboxylic acids is 1. The molecule has 1 atom stereocenters. The van der Waals surface area contributed by atoms with Crippen molar-refractivity contribution in [2.75, 3.05) is 5.32 Å². The van der Waals surface area contributed by atoms with E-state index in [-0.39, 0.29) is 5.91 Å². The Labute approximate surface area is 164 Å². The summed E-state index contributed by atoms with van der Waals surface area (Å²) in [4.78, 5) is 16.5. The Kier molecular flexibility index (Phi) is 6.03. The first-order valence-corrected chi connectivity index (χ1v) is 9.30. The van der Waals surface area contributed by atoms with Crippen molar-refractivity contribution in [3.8, 4) is 16.3 Å². The van der Waals surface area contributed by atoms with Crippen LogP contribution in [0.15, 0.2) is 42.7 Å². The van der Waals surface area contributed by atoms with Gasteiger partial charge in [-0.3, -0.25) is 15.1 Å². The van der Waals surface area contributed by atoms with Crippen LogP contribution in [0.4, 0.5) is 5.13 Å². The van der Waals surface area contributed by atoms with Crippen LogP contribution in [0.5, 0.6) is 5.75 Å². The number of benzene rings is 1. The van der Waals surface area contributed by atoms with E-state index in [9.17, 15) is 4.79 Å². The summed E-state index contributed by atoms with van der Waals surface area (Å²) in [5, 5.41) is 12.7. The molecule has 1 unspecified atom stereocenters. The number of halogens is 2. The van der Waals surface area contributed by atoms with Gasteiger partial charge in [-0.05, 0) is 30.7 Å². The van der Waals surface area contributed by atoms with Crippen LogP contribution in [-0.4, -0.2) is 27.2 Å². The smallest absolute Gasteiger partial charge is 0.267 e. The van der Waals surface area contributed by atoms with Gasteiger partial charge in [0.2, 0.25) is 5.13 Å². The van der Waals surface area contributed by atoms with Crippen LogP contribution in [0, 0.1) is 0 Å². The van der Waals surface area contributed by atoms with Gasteiger partial charge in [-0.25, -0.2) is 0 Å². The van der Waals surface area contributed by atoms with Crippen LogP contribution in [0.2, 0.25) is 10.0 Å². The minimum absolute atomic E-state index is 0.336. The Morgan fingerprint density at radius 2 is 2.15 bits per heavy atom. The number of hydrogen-bond donors (Lipinski definition) is 1. The third kappa shape index (κ3) is 4.49. The second kappa shape index (κ2) is 8.44. The van der Waals surface area contributed by atoms with Crippen molar-refractivity contribution in [2.45, 2.75) is 19.4 Å². The molecule has 2 heterocycles. The summed E-state index contributed by atoms with van der Waals surface area (Å²) in [6.45, 7) is 1.84. The number of rotatable bonds is 6. The Morgan fingerprint density at radius 3 is 2.88 bits per heavy atom. The lowest BCUT2D eigenvalue weighted by Crippen LogP contribution is -2.32. The quantitative estimate of drug-likeness (QED) is 0.639. The van der Waals surface area contributed by atoms with E-state index >= 15 is 0 Å². The predicted molar refractivity (Wildman–Crippen MR) is 103 cm³/mol. The molecule has 2 aromatic heterocycles. The molecule has 0 fully saturated rings. The van der Waals surface area contributed by atoms with Gasteiger partial charge >= 0.3 is 0 Å². The first kappa shape index (κ1) is 18.6. The molecular formula is C17H14Cl2N4O2S. The fourth-order valence-corrected chi connectivity index (χ4v) is 3.17. The van der Waals surface area contributed by atoms with Gasteiger partial charge in [0.25, 0.3) is 5.91 Å². The van der Waals surface area contributed by atoms with E-state index in [1.54, 1.807) is 30.6 Å². The van der Waals surface area contributed by atoms with Crippen molar-refractivity contribution >= 4 is 45.6 Å². The molecule has 0 bridgehead atoms. The molecule has 0 aliphatic rings. The number of carbonyl (C=O) groups is 1. The zero-order chi connectivity index (χ0) is 18.5. The molecule has 1 N–H and O–H groups in total. The third-order valence-electron chi connectivity index (χ3n) is 3.39. The molecule has 0 aliphatic heterocycles. The van der Waals surface area contributed by atoms with Crippen molar-refractivity contribution in [3.63, 3.8) is 0 Å². The number of nitrogens with zero attached hydrogens (tertiary/aromatic N) is 3. The maximum atomic E-state index is 12.5. The summed E-state index contributed by atoms with van der Waals surface area (Å²) in [7, 11) is 0. The molecule has 134 valence electrons. The number of nitrogens with one attached hydrogen (secondary N) is 1. The third-order valence-corrected chi connectivity index (χ3v) is 4.82. The summed E-state index contributed by atoms with van der Waals surface area (Å²) in [6, 6.07) is 8.53. The van der Waals surface area contributed by atoms with Crippen LogP contribution >= 0.6 is 34.5 Å². The van der Waals surface area contributed by atoms with Crippen molar-refractivity contribution < 1.29 is 9.53 Å². The topological polar surface area (TPSA) is 77.0 Å². The highest BCUT2D eigenvalue weighted by atomic mass is 35.5. The van der Waals surface area contributed by atoms with Gasteiger partial charge in [-0.2, -0.15) is 0 Å². The molecule has 3 aromatic rings. The Morgan fingerprint density at radius 1 is 1.31 bits per heavy atom. The number of anilines is 1. The molecule has 6 nitrogen and oxygen atoms in total. The largest absolute Gasteiger partial charge is 0.479 e. The second-order valence-corrected chi connectivity index (χ2v) is 7.05. The average Bonchev–Trinajstić information content (AvgIpc) is 3.11. The predicted octanol–water partition coefficient (Wildman–Crippen LogP) is 4.70. The van der Waals surface area contributed by atoms with E-state index in [2.05, 4.69) is 20.5 Å². The SMILES string of the molecule is CCC(Oc1cc(Cl)ccc1Cl)C(=O)Nc1nnc(-c2cccnc2)s1. The van der Waals surface area contributed by atoms with Crippen molar-refractivity contribution in [2.24, 2.45) is 0 Å². The van der Waals surface area contributed by atoms with E-state index in [1.165, 1.54) is 11.3 Å². The fraction of sp³-hybridized carbons (Fsp3) is 0.176. The summed E-state index contributed by atoms with van der Waals surface area (Å²) >= 11 is 13.3.